The molecule has 0 saturated heterocycles. The molecule has 1 atom stereocenters. The van der Waals surface area contributed by atoms with Gasteiger partial charge in [0.1, 0.15) is 11.9 Å². The van der Waals surface area contributed by atoms with Gasteiger partial charge in [-0.2, -0.15) is 0 Å². The Hall–Kier alpha value is -2.64. The van der Waals surface area contributed by atoms with Gasteiger partial charge in [-0.1, -0.05) is 12.1 Å². The lowest BCUT2D eigenvalue weighted by atomic mass is 10.1. The minimum Gasteiger partial charge on any atom is -0.480 e. The van der Waals surface area contributed by atoms with Crippen molar-refractivity contribution in [2.75, 3.05) is 12.4 Å². The molecule has 1 rings (SSSR count). The SMILES string of the molecule is COC(=O)CCC(NC(=O)Nc1ccccc1F)C(=O)O. The summed E-state index contributed by atoms with van der Waals surface area (Å²) in [6, 6.07) is 3.30. The van der Waals surface area contributed by atoms with Crippen LogP contribution in [0.2, 0.25) is 0 Å². The number of urea groups is 1. The second kappa shape index (κ2) is 7.83. The van der Waals surface area contributed by atoms with Gasteiger partial charge in [0.25, 0.3) is 0 Å². The molecule has 0 aliphatic rings. The number of methoxy groups -OCH3 is 1. The quantitative estimate of drug-likeness (QED) is 0.688. The summed E-state index contributed by atoms with van der Waals surface area (Å²) >= 11 is 0. The molecule has 2 amide bonds. The Morgan fingerprint density at radius 2 is 2.00 bits per heavy atom. The zero-order chi connectivity index (χ0) is 15.8. The van der Waals surface area contributed by atoms with Gasteiger partial charge in [-0.05, 0) is 18.6 Å². The van der Waals surface area contributed by atoms with Crippen molar-refractivity contribution in [3.05, 3.63) is 30.1 Å². The number of benzene rings is 1. The lowest BCUT2D eigenvalue weighted by Crippen LogP contribution is -2.43. The van der Waals surface area contributed by atoms with Crippen LogP contribution in [0.1, 0.15) is 12.8 Å². The van der Waals surface area contributed by atoms with Gasteiger partial charge in [0.05, 0.1) is 12.8 Å². The number of carbonyl (C=O) groups is 3. The largest absolute Gasteiger partial charge is 0.480 e. The number of hydrogen-bond acceptors (Lipinski definition) is 4. The predicted molar refractivity (Wildman–Crippen MR) is 71.2 cm³/mol. The first kappa shape index (κ1) is 16.4. The minimum absolute atomic E-state index is 0.0768. The van der Waals surface area contributed by atoms with E-state index in [4.69, 9.17) is 5.11 Å². The molecule has 3 N–H and O–H groups in total. The van der Waals surface area contributed by atoms with Crippen LogP contribution in [0.25, 0.3) is 0 Å². The highest BCUT2D eigenvalue weighted by Crippen LogP contribution is 2.12. The third kappa shape index (κ3) is 5.47. The molecule has 1 aromatic rings. The van der Waals surface area contributed by atoms with Crippen LogP contribution in [-0.2, 0) is 14.3 Å². The Labute approximate surface area is 120 Å². The molecule has 0 heterocycles. The molecular weight excluding hydrogens is 283 g/mol. The number of ether oxygens (including phenoxy) is 1. The molecule has 0 bridgehead atoms. The van der Waals surface area contributed by atoms with E-state index in [1.165, 1.54) is 25.3 Å². The van der Waals surface area contributed by atoms with Crippen molar-refractivity contribution >= 4 is 23.7 Å². The van der Waals surface area contributed by atoms with Gasteiger partial charge in [-0.3, -0.25) is 4.79 Å². The Bertz CT molecular complexity index is 535. The molecule has 0 radical (unpaired) electrons. The highest BCUT2D eigenvalue weighted by Gasteiger charge is 2.21. The highest BCUT2D eigenvalue weighted by atomic mass is 19.1. The number of esters is 1. The summed E-state index contributed by atoms with van der Waals surface area (Å²) in [5, 5.41) is 13.3. The number of hydrogen-bond donors (Lipinski definition) is 3. The fraction of sp³-hybridized carbons (Fsp3) is 0.308. The van der Waals surface area contributed by atoms with Gasteiger partial charge in [-0.15, -0.1) is 0 Å². The monoisotopic (exact) mass is 298 g/mol. The molecule has 0 aromatic heterocycles. The van der Waals surface area contributed by atoms with E-state index in [1.54, 1.807) is 0 Å². The number of halogens is 1. The van der Waals surface area contributed by atoms with Gasteiger partial charge in [0, 0.05) is 6.42 Å². The standard InChI is InChI=1S/C13H15FN2O5/c1-21-11(17)7-6-10(12(18)19)16-13(20)15-9-5-3-2-4-8(9)14/h2-5,10H,6-7H2,1H3,(H,18,19)(H2,15,16,20). The maximum Gasteiger partial charge on any atom is 0.326 e. The first-order valence-corrected chi connectivity index (χ1v) is 6.05. The summed E-state index contributed by atoms with van der Waals surface area (Å²) in [7, 11) is 1.18. The van der Waals surface area contributed by atoms with Crippen LogP contribution < -0.4 is 10.6 Å². The van der Waals surface area contributed by atoms with Crippen molar-refractivity contribution in [3.63, 3.8) is 0 Å². The molecule has 21 heavy (non-hydrogen) atoms. The lowest BCUT2D eigenvalue weighted by Gasteiger charge is -2.14. The lowest BCUT2D eigenvalue weighted by molar-refractivity contribution is -0.142. The van der Waals surface area contributed by atoms with E-state index in [0.29, 0.717) is 0 Å². The van der Waals surface area contributed by atoms with E-state index in [0.717, 1.165) is 6.07 Å². The average Bonchev–Trinajstić information content (AvgIpc) is 2.45. The second-order valence-electron chi connectivity index (χ2n) is 4.08. The number of nitrogens with one attached hydrogen (secondary N) is 2. The molecule has 114 valence electrons. The first-order valence-electron chi connectivity index (χ1n) is 6.05. The smallest absolute Gasteiger partial charge is 0.326 e. The molecule has 7 nitrogen and oxygen atoms in total. The number of para-hydroxylation sites is 1. The summed E-state index contributed by atoms with van der Waals surface area (Å²) in [6.07, 6.45) is -0.292. The minimum atomic E-state index is -1.30. The van der Waals surface area contributed by atoms with Crippen molar-refractivity contribution in [1.82, 2.24) is 5.32 Å². The molecule has 0 fully saturated rings. The van der Waals surface area contributed by atoms with Crippen molar-refractivity contribution in [1.29, 1.82) is 0 Å². The van der Waals surface area contributed by atoms with Gasteiger partial charge >= 0.3 is 18.0 Å². The van der Waals surface area contributed by atoms with E-state index in [2.05, 4.69) is 15.4 Å². The van der Waals surface area contributed by atoms with E-state index >= 15 is 0 Å². The van der Waals surface area contributed by atoms with Gasteiger partial charge in [0.2, 0.25) is 0 Å². The summed E-state index contributed by atoms with van der Waals surface area (Å²) in [5.74, 6) is -2.53. The van der Waals surface area contributed by atoms with Crippen LogP contribution in [0.3, 0.4) is 0 Å². The number of carboxylic acid groups (broad SMARTS) is 1. The number of carboxylic acids is 1. The van der Waals surface area contributed by atoms with Crippen LogP contribution >= 0.6 is 0 Å². The van der Waals surface area contributed by atoms with Crippen LogP contribution in [0.5, 0.6) is 0 Å². The van der Waals surface area contributed by atoms with Crippen LogP contribution in [0, 0.1) is 5.82 Å². The fourth-order valence-corrected chi connectivity index (χ4v) is 1.50. The van der Waals surface area contributed by atoms with Crippen molar-refractivity contribution in [2.24, 2.45) is 0 Å². The Morgan fingerprint density at radius 3 is 2.57 bits per heavy atom. The molecule has 8 heteroatoms. The zero-order valence-electron chi connectivity index (χ0n) is 11.3. The number of anilines is 1. The fourth-order valence-electron chi connectivity index (χ4n) is 1.50. The zero-order valence-corrected chi connectivity index (χ0v) is 11.3. The Kier molecular flexibility index (Phi) is 6.12. The van der Waals surface area contributed by atoms with E-state index in [-0.39, 0.29) is 18.5 Å². The molecule has 0 aliphatic heterocycles. The first-order chi connectivity index (χ1) is 9.93. The number of aliphatic carboxylic acids is 1. The van der Waals surface area contributed by atoms with E-state index in [1.807, 2.05) is 0 Å². The topological polar surface area (TPSA) is 105 Å². The molecule has 0 spiro atoms. The van der Waals surface area contributed by atoms with Gasteiger partial charge in [0.15, 0.2) is 0 Å². The predicted octanol–water partition coefficient (Wildman–Crippen LogP) is 1.35. The maximum atomic E-state index is 13.3. The maximum absolute atomic E-state index is 13.3. The number of amides is 2. The molecule has 1 aromatic carbocycles. The van der Waals surface area contributed by atoms with Crippen LogP contribution in [0.15, 0.2) is 24.3 Å². The van der Waals surface area contributed by atoms with E-state index in [9.17, 15) is 18.8 Å². The van der Waals surface area contributed by atoms with Gasteiger partial charge in [-0.25, -0.2) is 14.0 Å². The second-order valence-corrected chi connectivity index (χ2v) is 4.08. The molecular formula is C13H15FN2O5. The number of carbonyl (C=O) groups excluding carboxylic acids is 2. The van der Waals surface area contributed by atoms with Gasteiger partial charge < -0.3 is 20.5 Å². The molecule has 0 saturated carbocycles. The Balaban J connectivity index is 2.58. The van der Waals surface area contributed by atoms with Crippen LogP contribution in [-0.4, -0.2) is 36.2 Å². The summed E-state index contributed by atoms with van der Waals surface area (Å²) in [4.78, 5) is 33.6. The van der Waals surface area contributed by atoms with Crippen LogP contribution in [0.4, 0.5) is 14.9 Å². The highest BCUT2D eigenvalue weighted by molar-refractivity contribution is 5.92. The normalized spacial score (nSPS) is 11.3. The molecule has 0 aliphatic carbocycles. The van der Waals surface area contributed by atoms with Crippen molar-refractivity contribution < 1.29 is 28.6 Å². The third-order valence-corrected chi connectivity index (χ3v) is 2.59. The number of rotatable bonds is 6. The van der Waals surface area contributed by atoms with E-state index < -0.39 is 29.8 Å². The van der Waals surface area contributed by atoms with Crippen molar-refractivity contribution in [2.45, 2.75) is 18.9 Å². The summed E-state index contributed by atoms with van der Waals surface area (Å²) < 4.78 is 17.7. The summed E-state index contributed by atoms with van der Waals surface area (Å²) in [6.45, 7) is 0. The van der Waals surface area contributed by atoms with Crippen molar-refractivity contribution in [3.8, 4) is 0 Å². The summed E-state index contributed by atoms with van der Waals surface area (Å²) in [5.41, 5.74) is -0.0768. The third-order valence-electron chi connectivity index (χ3n) is 2.59. The Morgan fingerprint density at radius 1 is 1.33 bits per heavy atom. The average molecular weight is 298 g/mol. The molecule has 1 unspecified atom stereocenters.